The van der Waals surface area contributed by atoms with Crippen LogP contribution in [0.4, 0.5) is 5.69 Å². The van der Waals surface area contributed by atoms with E-state index in [0.717, 1.165) is 53.8 Å². The van der Waals surface area contributed by atoms with E-state index in [1.807, 2.05) is 38.4 Å². The van der Waals surface area contributed by atoms with E-state index in [1.165, 1.54) is 0 Å². The lowest BCUT2D eigenvalue weighted by atomic mass is 9.91. The van der Waals surface area contributed by atoms with E-state index in [-0.39, 0.29) is 5.78 Å². The van der Waals surface area contributed by atoms with Crippen molar-refractivity contribution in [1.29, 1.82) is 0 Å². The lowest BCUT2D eigenvalue weighted by Gasteiger charge is -2.21. The summed E-state index contributed by atoms with van der Waals surface area (Å²) in [6.45, 7) is 1.75. The van der Waals surface area contributed by atoms with Gasteiger partial charge in [-0.2, -0.15) is 0 Å². The molecule has 1 N–H and O–H groups in total. The smallest absolute Gasteiger partial charge is 0.166 e. The second kappa shape index (κ2) is 5.82. The number of aromatic nitrogens is 1. The molecule has 0 atom stereocenters. The Kier molecular flexibility index (Phi) is 3.88. The van der Waals surface area contributed by atoms with Crippen LogP contribution >= 0.6 is 0 Å². The zero-order valence-corrected chi connectivity index (χ0v) is 12.6. The van der Waals surface area contributed by atoms with E-state index < -0.39 is 0 Å². The van der Waals surface area contributed by atoms with Crippen molar-refractivity contribution in [2.45, 2.75) is 19.3 Å². The van der Waals surface area contributed by atoms with Crippen LogP contribution in [0.1, 0.15) is 28.9 Å². The van der Waals surface area contributed by atoms with E-state index in [2.05, 4.69) is 10.2 Å². The first-order valence-electron chi connectivity index (χ1n) is 7.50. The summed E-state index contributed by atoms with van der Waals surface area (Å²) >= 11 is 0. The molecule has 1 heterocycles. The van der Waals surface area contributed by atoms with Crippen molar-refractivity contribution in [3.05, 3.63) is 35.5 Å². The van der Waals surface area contributed by atoms with Crippen LogP contribution in [0.5, 0.6) is 0 Å². The second-order valence-corrected chi connectivity index (χ2v) is 5.83. The van der Waals surface area contributed by atoms with Gasteiger partial charge in [0, 0.05) is 24.9 Å². The molecule has 0 spiro atoms. The maximum atomic E-state index is 12.4. The van der Waals surface area contributed by atoms with Crippen molar-refractivity contribution < 1.29 is 4.79 Å². The molecule has 4 nitrogen and oxygen atoms in total. The second-order valence-electron chi connectivity index (χ2n) is 5.83. The van der Waals surface area contributed by atoms with Gasteiger partial charge in [-0.3, -0.25) is 9.78 Å². The lowest BCUT2D eigenvalue weighted by molar-refractivity contribution is 0.0972. The van der Waals surface area contributed by atoms with Crippen LogP contribution in [0.15, 0.2) is 24.3 Å². The summed E-state index contributed by atoms with van der Waals surface area (Å²) in [5, 5.41) is 4.52. The minimum atomic E-state index is 0.224. The highest BCUT2D eigenvalue weighted by Gasteiger charge is 2.24. The molecule has 0 fully saturated rings. The number of anilines is 1. The number of benzene rings is 1. The molecule has 110 valence electrons. The number of hydrogen-bond donors (Lipinski definition) is 1. The first kappa shape index (κ1) is 14.0. The fourth-order valence-corrected chi connectivity index (χ4v) is 2.87. The van der Waals surface area contributed by atoms with Crippen molar-refractivity contribution in [3.8, 4) is 0 Å². The zero-order valence-electron chi connectivity index (χ0n) is 12.6. The third kappa shape index (κ3) is 2.76. The van der Waals surface area contributed by atoms with Gasteiger partial charge in [-0.05, 0) is 33.0 Å². The highest BCUT2D eigenvalue weighted by Crippen LogP contribution is 2.33. The SMILES string of the molecule is CN(C)CCNc1c2c(nc3ccccc13)CCCC2=O. The fraction of sp³-hybridized carbons (Fsp3) is 0.412. The van der Waals surface area contributed by atoms with E-state index >= 15 is 0 Å². The number of carbonyl (C=O) groups excluding carboxylic acids is 1. The summed E-state index contributed by atoms with van der Waals surface area (Å²) < 4.78 is 0. The van der Waals surface area contributed by atoms with Crippen LogP contribution in [0.25, 0.3) is 10.9 Å². The highest BCUT2D eigenvalue weighted by molar-refractivity contribution is 6.09. The van der Waals surface area contributed by atoms with Gasteiger partial charge in [-0.15, -0.1) is 0 Å². The number of carbonyl (C=O) groups is 1. The number of para-hydroxylation sites is 1. The molecule has 0 amide bonds. The van der Waals surface area contributed by atoms with Crippen LogP contribution in [0.2, 0.25) is 0 Å². The van der Waals surface area contributed by atoms with Gasteiger partial charge in [0.1, 0.15) is 0 Å². The molecule has 2 aromatic rings. The molecular formula is C17H21N3O. The molecular weight excluding hydrogens is 262 g/mol. The van der Waals surface area contributed by atoms with E-state index in [4.69, 9.17) is 4.98 Å². The first-order chi connectivity index (χ1) is 10.2. The van der Waals surface area contributed by atoms with Crippen LogP contribution < -0.4 is 5.32 Å². The van der Waals surface area contributed by atoms with Gasteiger partial charge in [0.25, 0.3) is 0 Å². The molecule has 1 aromatic heterocycles. The average molecular weight is 283 g/mol. The number of hydrogen-bond acceptors (Lipinski definition) is 4. The number of aryl methyl sites for hydroxylation is 1. The van der Waals surface area contributed by atoms with E-state index in [1.54, 1.807) is 0 Å². The molecule has 3 rings (SSSR count). The van der Waals surface area contributed by atoms with Gasteiger partial charge in [0.15, 0.2) is 5.78 Å². The lowest BCUT2D eigenvalue weighted by Crippen LogP contribution is -2.23. The third-order valence-corrected chi connectivity index (χ3v) is 3.92. The Balaban J connectivity index is 2.09. The van der Waals surface area contributed by atoms with Crippen LogP contribution in [-0.2, 0) is 6.42 Å². The van der Waals surface area contributed by atoms with Gasteiger partial charge < -0.3 is 10.2 Å². The summed E-state index contributed by atoms with van der Waals surface area (Å²) in [6, 6.07) is 8.06. The maximum Gasteiger partial charge on any atom is 0.166 e. The first-order valence-corrected chi connectivity index (χ1v) is 7.50. The van der Waals surface area contributed by atoms with Crippen molar-refractivity contribution >= 4 is 22.4 Å². The zero-order chi connectivity index (χ0) is 14.8. The third-order valence-electron chi connectivity index (χ3n) is 3.92. The number of fused-ring (bicyclic) bond motifs is 2. The standard InChI is InChI=1S/C17H21N3O/c1-20(2)11-10-18-17-12-6-3-4-7-13(12)19-14-8-5-9-15(21)16(14)17/h3-4,6-7H,5,8-11H2,1-2H3,(H,18,19). The Morgan fingerprint density at radius 1 is 1.24 bits per heavy atom. The molecule has 0 radical (unpaired) electrons. The summed E-state index contributed by atoms with van der Waals surface area (Å²) in [5.74, 6) is 0.224. The Bertz CT molecular complexity index is 679. The Hall–Kier alpha value is -1.94. The minimum absolute atomic E-state index is 0.224. The number of nitrogens with zero attached hydrogens (tertiary/aromatic N) is 2. The van der Waals surface area contributed by atoms with Gasteiger partial charge in [-0.1, -0.05) is 18.2 Å². The monoisotopic (exact) mass is 283 g/mol. The van der Waals surface area contributed by atoms with Crippen molar-refractivity contribution in [2.75, 3.05) is 32.5 Å². The summed E-state index contributed by atoms with van der Waals surface area (Å²) in [5.41, 5.74) is 3.72. The van der Waals surface area contributed by atoms with E-state index in [0.29, 0.717) is 6.42 Å². The maximum absolute atomic E-state index is 12.4. The average Bonchev–Trinajstić information content (AvgIpc) is 2.46. The van der Waals surface area contributed by atoms with E-state index in [9.17, 15) is 4.79 Å². The number of pyridine rings is 1. The molecule has 1 aromatic carbocycles. The minimum Gasteiger partial charge on any atom is -0.383 e. The highest BCUT2D eigenvalue weighted by atomic mass is 16.1. The molecule has 0 unspecified atom stereocenters. The Morgan fingerprint density at radius 2 is 2.05 bits per heavy atom. The summed E-state index contributed by atoms with van der Waals surface area (Å²) in [4.78, 5) is 19.2. The fourth-order valence-electron chi connectivity index (χ4n) is 2.87. The number of Topliss-reactive ketones (excluding diaryl/α,β-unsaturated/α-hetero) is 1. The number of rotatable bonds is 4. The van der Waals surface area contributed by atoms with Crippen LogP contribution in [0, 0.1) is 0 Å². The summed E-state index contributed by atoms with van der Waals surface area (Å²) in [6.07, 6.45) is 2.44. The van der Waals surface area contributed by atoms with Crippen molar-refractivity contribution in [1.82, 2.24) is 9.88 Å². The van der Waals surface area contributed by atoms with Crippen LogP contribution in [0.3, 0.4) is 0 Å². The largest absolute Gasteiger partial charge is 0.383 e. The van der Waals surface area contributed by atoms with Gasteiger partial charge in [-0.25, -0.2) is 0 Å². The predicted molar refractivity (Wildman–Crippen MR) is 86.1 cm³/mol. The van der Waals surface area contributed by atoms with Gasteiger partial charge in [0.2, 0.25) is 0 Å². The molecule has 0 saturated heterocycles. The molecule has 1 aliphatic rings. The van der Waals surface area contributed by atoms with Gasteiger partial charge in [0.05, 0.1) is 22.5 Å². The van der Waals surface area contributed by atoms with Crippen molar-refractivity contribution in [3.63, 3.8) is 0 Å². The molecule has 0 aliphatic heterocycles. The topological polar surface area (TPSA) is 45.2 Å². The molecule has 4 heteroatoms. The molecule has 0 bridgehead atoms. The van der Waals surface area contributed by atoms with Crippen molar-refractivity contribution in [2.24, 2.45) is 0 Å². The molecule has 0 saturated carbocycles. The predicted octanol–water partition coefficient (Wildman–Crippen LogP) is 2.73. The Labute approximate surface area is 125 Å². The number of ketones is 1. The van der Waals surface area contributed by atoms with Crippen LogP contribution in [-0.4, -0.2) is 42.9 Å². The normalized spacial score (nSPS) is 14.5. The quantitative estimate of drug-likeness (QED) is 0.937. The number of nitrogens with one attached hydrogen (secondary N) is 1. The Morgan fingerprint density at radius 3 is 2.86 bits per heavy atom. The number of likely N-dealkylation sites (N-methyl/N-ethyl adjacent to an activating group) is 1. The summed E-state index contributed by atoms with van der Waals surface area (Å²) in [7, 11) is 4.10. The molecule has 21 heavy (non-hydrogen) atoms. The van der Waals surface area contributed by atoms with Gasteiger partial charge >= 0.3 is 0 Å². The molecule has 1 aliphatic carbocycles.